The van der Waals surface area contributed by atoms with Gasteiger partial charge in [0.1, 0.15) is 0 Å². The third kappa shape index (κ3) is 1.54. The number of anilines is 1. The van der Waals surface area contributed by atoms with E-state index in [1.807, 2.05) is 18.2 Å². The van der Waals surface area contributed by atoms with Gasteiger partial charge < -0.3 is 5.73 Å². The molecule has 2 N–H and O–H groups in total. The van der Waals surface area contributed by atoms with E-state index < -0.39 is 0 Å². The van der Waals surface area contributed by atoms with Crippen molar-refractivity contribution in [1.29, 1.82) is 0 Å². The first-order valence-electron chi connectivity index (χ1n) is 4.60. The molecule has 16 heavy (non-hydrogen) atoms. The molecule has 80 valence electrons. The van der Waals surface area contributed by atoms with Crippen LogP contribution in [0.3, 0.4) is 0 Å². The lowest BCUT2D eigenvalue weighted by atomic mass is 10.4. The molecule has 0 fully saturated rings. The second-order valence-corrected chi connectivity index (χ2v) is 5.02. The Morgan fingerprint density at radius 2 is 2.12 bits per heavy atom. The first kappa shape index (κ1) is 9.62. The maximum Gasteiger partial charge on any atom is 0.192 e. The topological polar surface area (TPSA) is 56.2 Å². The molecule has 0 unspecified atom stereocenters. The second-order valence-electron chi connectivity index (χ2n) is 3.30. The molecule has 0 amide bonds. The monoisotopic (exact) mass is 250 g/mol. The predicted octanol–water partition coefficient (Wildman–Crippen LogP) is 2.69. The Balaban J connectivity index is 2.18. The summed E-state index contributed by atoms with van der Waals surface area (Å²) < 4.78 is 2.39. The van der Waals surface area contributed by atoms with E-state index in [0.29, 0.717) is 11.5 Å². The molecule has 0 aliphatic heterocycles. The zero-order valence-corrected chi connectivity index (χ0v) is 9.66. The normalized spacial score (nSPS) is 11.1. The number of nitrogens with two attached hydrogens (primary N) is 1. The summed E-state index contributed by atoms with van der Waals surface area (Å²) in [5.74, 6) is 0.669. The van der Waals surface area contributed by atoms with Crippen molar-refractivity contribution in [1.82, 2.24) is 14.6 Å². The molecule has 3 heterocycles. The van der Waals surface area contributed by atoms with Gasteiger partial charge in [-0.2, -0.15) is 0 Å². The van der Waals surface area contributed by atoms with Gasteiger partial charge in [-0.05, 0) is 24.3 Å². The van der Waals surface area contributed by atoms with Gasteiger partial charge in [0.15, 0.2) is 11.5 Å². The van der Waals surface area contributed by atoms with E-state index in [9.17, 15) is 0 Å². The van der Waals surface area contributed by atoms with Crippen molar-refractivity contribution in [2.75, 3.05) is 5.73 Å². The van der Waals surface area contributed by atoms with Crippen molar-refractivity contribution in [2.45, 2.75) is 0 Å². The molecule has 0 saturated carbocycles. The van der Waals surface area contributed by atoms with Crippen LogP contribution in [0.25, 0.3) is 16.3 Å². The summed E-state index contributed by atoms with van der Waals surface area (Å²) in [6, 6.07) is 7.38. The maximum absolute atomic E-state index is 5.87. The quantitative estimate of drug-likeness (QED) is 0.722. The molecular weight excluding hydrogens is 244 g/mol. The van der Waals surface area contributed by atoms with Crippen LogP contribution in [0.2, 0.25) is 4.34 Å². The number of aromatic nitrogens is 3. The number of hydrogen-bond donors (Lipinski definition) is 1. The van der Waals surface area contributed by atoms with Gasteiger partial charge in [-0.1, -0.05) is 11.6 Å². The van der Waals surface area contributed by atoms with Crippen molar-refractivity contribution >= 4 is 34.3 Å². The van der Waals surface area contributed by atoms with E-state index >= 15 is 0 Å². The Morgan fingerprint density at radius 1 is 1.25 bits per heavy atom. The fourth-order valence-corrected chi connectivity index (χ4v) is 2.41. The van der Waals surface area contributed by atoms with E-state index in [0.717, 1.165) is 14.9 Å². The SMILES string of the molecule is Nc1ccc2nc(-c3ccc(Cl)s3)nn2c1. The number of halogens is 1. The van der Waals surface area contributed by atoms with Crippen molar-refractivity contribution in [2.24, 2.45) is 0 Å². The number of nitrogens with zero attached hydrogens (tertiary/aromatic N) is 3. The third-order valence-corrected chi connectivity index (χ3v) is 3.37. The third-order valence-electron chi connectivity index (χ3n) is 2.15. The largest absolute Gasteiger partial charge is 0.397 e. The van der Waals surface area contributed by atoms with E-state index in [2.05, 4.69) is 10.1 Å². The smallest absolute Gasteiger partial charge is 0.192 e. The Morgan fingerprint density at radius 3 is 2.88 bits per heavy atom. The molecule has 0 spiro atoms. The summed E-state index contributed by atoms with van der Waals surface area (Å²) in [7, 11) is 0. The number of pyridine rings is 1. The predicted molar refractivity (Wildman–Crippen MR) is 65.7 cm³/mol. The zero-order chi connectivity index (χ0) is 11.1. The highest BCUT2D eigenvalue weighted by molar-refractivity contribution is 7.19. The van der Waals surface area contributed by atoms with Crippen molar-refractivity contribution in [3.63, 3.8) is 0 Å². The Bertz CT molecular complexity index is 658. The first-order chi connectivity index (χ1) is 7.72. The minimum atomic E-state index is 0.660. The molecule has 3 aromatic rings. The minimum absolute atomic E-state index is 0.660. The molecular formula is C10H7ClN4S. The van der Waals surface area contributed by atoms with Crippen LogP contribution in [-0.4, -0.2) is 14.6 Å². The van der Waals surface area contributed by atoms with E-state index in [-0.39, 0.29) is 0 Å². The highest BCUT2D eigenvalue weighted by Gasteiger charge is 2.08. The summed E-state index contributed by atoms with van der Waals surface area (Å²) in [6.45, 7) is 0. The maximum atomic E-state index is 5.87. The van der Waals surface area contributed by atoms with Crippen LogP contribution < -0.4 is 5.73 Å². The molecule has 0 aromatic carbocycles. The van der Waals surface area contributed by atoms with Crippen LogP contribution >= 0.6 is 22.9 Å². The Labute approximate surface area is 100 Å². The summed E-state index contributed by atoms with van der Waals surface area (Å²) in [6.07, 6.45) is 1.74. The molecule has 0 aliphatic carbocycles. The summed E-state index contributed by atoms with van der Waals surface area (Å²) in [5, 5.41) is 4.33. The molecule has 0 saturated heterocycles. The van der Waals surface area contributed by atoms with Gasteiger partial charge in [0, 0.05) is 0 Å². The first-order valence-corrected chi connectivity index (χ1v) is 5.79. The van der Waals surface area contributed by atoms with Crippen LogP contribution in [0, 0.1) is 0 Å². The Kier molecular flexibility index (Phi) is 2.08. The lowest BCUT2D eigenvalue weighted by Gasteiger charge is -1.91. The van der Waals surface area contributed by atoms with Gasteiger partial charge in [-0.3, -0.25) is 0 Å². The number of hydrogen-bond acceptors (Lipinski definition) is 4. The van der Waals surface area contributed by atoms with Crippen molar-refractivity contribution in [3.8, 4) is 10.7 Å². The highest BCUT2D eigenvalue weighted by atomic mass is 35.5. The van der Waals surface area contributed by atoms with Crippen LogP contribution in [0.1, 0.15) is 0 Å². The van der Waals surface area contributed by atoms with Crippen molar-refractivity contribution in [3.05, 3.63) is 34.8 Å². The lowest BCUT2D eigenvalue weighted by Crippen LogP contribution is -1.91. The van der Waals surface area contributed by atoms with E-state index in [1.54, 1.807) is 16.8 Å². The zero-order valence-electron chi connectivity index (χ0n) is 8.09. The van der Waals surface area contributed by atoms with Crippen LogP contribution in [0.4, 0.5) is 5.69 Å². The molecule has 0 radical (unpaired) electrons. The fraction of sp³-hybridized carbons (Fsp3) is 0. The average molecular weight is 251 g/mol. The standard InChI is InChI=1S/C10H7ClN4S/c11-8-3-2-7(16-8)10-13-9-4-1-6(12)5-15(9)14-10/h1-5H,12H2. The molecule has 0 bridgehead atoms. The molecule has 3 rings (SSSR count). The molecule has 6 heteroatoms. The highest BCUT2D eigenvalue weighted by Crippen LogP contribution is 2.29. The summed E-state index contributed by atoms with van der Waals surface area (Å²) in [4.78, 5) is 5.34. The van der Waals surface area contributed by atoms with Crippen molar-refractivity contribution < 1.29 is 0 Å². The molecule has 3 aromatic heterocycles. The van der Waals surface area contributed by atoms with Gasteiger partial charge >= 0.3 is 0 Å². The summed E-state index contributed by atoms with van der Waals surface area (Å²) in [5.41, 5.74) is 7.10. The minimum Gasteiger partial charge on any atom is -0.397 e. The number of nitrogen functional groups attached to an aromatic ring is 1. The van der Waals surface area contributed by atoms with Crippen LogP contribution in [-0.2, 0) is 0 Å². The van der Waals surface area contributed by atoms with Crippen LogP contribution in [0.15, 0.2) is 30.5 Å². The van der Waals surface area contributed by atoms with Crippen LogP contribution in [0.5, 0.6) is 0 Å². The van der Waals surface area contributed by atoms with Gasteiger partial charge in [0.2, 0.25) is 0 Å². The van der Waals surface area contributed by atoms with E-state index in [4.69, 9.17) is 17.3 Å². The Hall–Kier alpha value is -1.59. The van der Waals surface area contributed by atoms with Gasteiger partial charge in [0.05, 0.1) is 21.1 Å². The average Bonchev–Trinajstić information content (AvgIpc) is 2.83. The van der Waals surface area contributed by atoms with Gasteiger partial charge in [-0.15, -0.1) is 16.4 Å². The fourth-order valence-electron chi connectivity index (χ4n) is 1.44. The molecule has 0 aliphatic rings. The molecule has 0 atom stereocenters. The van der Waals surface area contributed by atoms with Gasteiger partial charge in [-0.25, -0.2) is 9.50 Å². The number of rotatable bonds is 1. The van der Waals surface area contributed by atoms with E-state index in [1.165, 1.54) is 11.3 Å². The summed E-state index contributed by atoms with van der Waals surface area (Å²) >= 11 is 7.33. The second kappa shape index (κ2) is 3.47. The number of thiophene rings is 1. The lowest BCUT2D eigenvalue weighted by molar-refractivity contribution is 0.969. The van der Waals surface area contributed by atoms with Gasteiger partial charge in [0.25, 0.3) is 0 Å². The number of fused-ring (bicyclic) bond motifs is 1. The molecule has 4 nitrogen and oxygen atoms in total.